The molecule has 15 heavy (non-hydrogen) atoms. The molecule has 5 heteroatoms. The molecule has 0 saturated carbocycles. The lowest BCUT2D eigenvalue weighted by Crippen LogP contribution is -2.13. The van der Waals surface area contributed by atoms with Crippen molar-refractivity contribution >= 4 is 21.8 Å². The Balaban J connectivity index is 3.22. The Bertz CT molecular complexity index is 380. The smallest absolute Gasteiger partial charge is 0.164 e. The fourth-order valence-corrected chi connectivity index (χ4v) is 1.83. The van der Waals surface area contributed by atoms with E-state index in [-0.39, 0.29) is 5.84 Å². The van der Waals surface area contributed by atoms with Gasteiger partial charge < -0.3 is 15.2 Å². The van der Waals surface area contributed by atoms with E-state index >= 15 is 0 Å². The Labute approximate surface area is 97.0 Å². The molecule has 1 aromatic carbocycles. The molecule has 0 unspecified atom stereocenters. The number of rotatable bonds is 4. The second-order valence-electron chi connectivity index (χ2n) is 3.00. The fraction of sp³-hybridized carbons (Fsp3) is 0.300. The highest BCUT2D eigenvalue weighted by Gasteiger charge is 2.12. The highest BCUT2D eigenvalue weighted by Crippen LogP contribution is 2.34. The minimum atomic E-state index is 0.0912. The van der Waals surface area contributed by atoms with Crippen LogP contribution in [0.15, 0.2) is 16.6 Å². The summed E-state index contributed by atoms with van der Waals surface area (Å²) in [6, 6.07) is 3.67. The van der Waals surface area contributed by atoms with E-state index in [9.17, 15) is 0 Å². The molecule has 1 aromatic rings. The maximum absolute atomic E-state index is 7.27. The minimum Gasteiger partial charge on any atom is -0.493 e. The van der Waals surface area contributed by atoms with Crippen molar-refractivity contribution < 1.29 is 9.47 Å². The molecule has 82 valence electrons. The van der Waals surface area contributed by atoms with Crippen molar-refractivity contribution in [3.05, 3.63) is 22.2 Å². The van der Waals surface area contributed by atoms with Crippen molar-refractivity contribution in [2.75, 3.05) is 14.2 Å². The number of methoxy groups -OCH3 is 2. The van der Waals surface area contributed by atoms with Gasteiger partial charge in [0.1, 0.15) is 0 Å². The van der Waals surface area contributed by atoms with Crippen LogP contribution < -0.4 is 15.2 Å². The number of halogens is 1. The molecule has 0 spiro atoms. The van der Waals surface area contributed by atoms with Crippen molar-refractivity contribution in [2.24, 2.45) is 5.73 Å². The lowest BCUT2D eigenvalue weighted by molar-refractivity contribution is 0.352. The number of ether oxygens (including phenoxy) is 2. The molecule has 0 aromatic heterocycles. The first-order valence-corrected chi connectivity index (χ1v) is 5.11. The van der Waals surface area contributed by atoms with Gasteiger partial charge in [0.2, 0.25) is 0 Å². The summed E-state index contributed by atoms with van der Waals surface area (Å²) in [6.45, 7) is 0. The summed E-state index contributed by atoms with van der Waals surface area (Å²) < 4.78 is 11.3. The average molecular weight is 273 g/mol. The lowest BCUT2D eigenvalue weighted by atomic mass is 10.1. The molecule has 0 saturated heterocycles. The van der Waals surface area contributed by atoms with Gasteiger partial charge in [0.15, 0.2) is 11.5 Å². The predicted octanol–water partition coefficient (Wildman–Crippen LogP) is 1.94. The Morgan fingerprint density at radius 2 is 2.07 bits per heavy atom. The summed E-state index contributed by atoms with van der Waals surface area (Å²) in [5.74, 6) is 1.34. The van der Waals surface area contributed by atoms with E-state index in [0.29, 0.717) is 17.9 Å². The van der Waals surface area contributed by atoms with Gasteiger partial charge in [-0.1, -0.05) is 15.9 Å². The molecule has 0 aliphatic heterocycles. The van der Waals surface area contributed by atoms with Gasteiger partial charge in [-0.15, -0.1) is 0 Å². The van der Waals surface area contributed by atoms with Crippen LogP contribution in [-0.4, -0.2) is 20.1 Å². The normalized spacial score (nSPS) is 9.80. The number of amidine groups is 1. The van der Waals surface area contributed by atoms with Gasteiger partial charge >= 0.3 is 0 Å². The number of hydrogen-bond donors (Lipinski definition) is 2. The van der Waals surface area contributed by atoms with E-state index in [2.05, 4.69) is 15.9 Å². The first-order chi connectivity index (χ1) is 7.08. The van der Waals surface area contributed by atoms with Gasteiger partial charge in [-0.25, -0.2) is 0 Å². The monoisotopic (exact) mass is 272 g/mol. The third-order valence-electron chi connectivity index (χ3n) is 1.90. The zero-order valence-electron chi connectivity index (χ0n) is 8.63. The minimum absolute atomic E-state index is 0.0912. The van der Waals surface area contributed by atoms with E-state index in [0.717, 1.165) is 10.0 Å². The van der Waals surface area contributed by atoms with Crippen LogP contribution in [0.1, 0.15) is 5.56 Å². The van der Waals surface area contributed by atoms with Crippen LogP contribution in [0.25, 0.3) is 0 Å². The predicted molar refractivity (Wildman–Crippen MR) is 62.9 cm³/mol. The summed E-state index contributed by atoms with van der Waals surface area (Å²) in [6.07, 6.45) is 0.346. The van der Waals surface area contributed by atoms with E-state index < -0.39 is 0 Å². The van der Waals surface area contributed by atoms with Crippen molar-refractivity contribution in [3.63, 3.8) is 0 Å². The van der Waals surface area contributed by atoms with Gasteiger partial charge in [-0.2, -0.15) is 0 Å². The largest absolute Gasteiger partial charge is 0.493 e. The molecule has 0 radical (unpaired) electrons. The van der Waals surface area contributed by atoms with Crippen molar-refractivity contribution in [2.45, 2.75) is 6.42 Å². The average Bonchev–Trinajstić information content (AvgIpc) is 2.15. The molecular formula is C10H13BrN2O2. The van der Waals surface area contributed by atoms with Gasteiger partial charge in [-0.05, 0) is 12.1 Å². The highest BCUT2D eigenvalue weighted by atomic mass is 79.9. The van der Waals surface area contributed by atoms with Crippen LogP contribution in [0.3, 0.4) is 0 Å². The third-order valence-corrected chi connectivity index (χ3v) is 2.36. The van der Waals surface area contributed by atoms with Crippen LogP contribution in [0.4, 0.5) is 0 Å². The number of nitrogens with two attached hydrogens (primary N) is 1. The molecule has 0 fully saturated rings. The SMILES string of the molecule is COc1cc(Br)cc(CC(=N)N)c1OC. The van der Waals surface area contributed by atoms with Gasteiger partial charge in [0, 0.05) is 16.5 Å². The molecule has 0 atom stereocenters. The second kappa shape index (κ2) is 5.02. The zero-order chi connectivity index (χ0) is 11.4. The van der Waals surface area contributed by atoms with E-state index in [1.54, 1.807) is 14.2 Å². The quantitative estimate of drug-likeness (QED) is 0.650. The summed E-state index contributed by atoms with van der Waals surface area (Å²) in [5.41, 5.74) is 6.19. The summed E-state index contributed by atoms with van der Waals surface area (Å²) in [5, 5.41) is 7.27. The number of hydrogen-bond acceptors (Lipinski definition) is 3. The van der Waals surface area contributed by atoms with E-state index in [1.807, 2.05) is 12.1 Å². The molecule has 0 bridgehead atoms. The third kappa shape index (κ3) is 2.86. The van der Waals surface area contributed by atoms with Crippen LogP contribution in [0.2, 0.25) is 0 Å². The Kier molecular flexibility index (Phi) is 3.96. The summed E-state index contributed by atoms with van der Waals surface area (Å²) >= 11 is 3.36. The molecule has 0 amide bonds. The van der Waals surface area contributed by atoms with Crippen molar-refractivity contribution in [1.82, 2.24) is 0 Å². The van der Waals surface area contributed by atoms with Crippen LogP contribution >= 0.6 is 15.9 Å². The Morgan fingerprint density at radius 1 is 1.40 bits per heavy atom. The first-order valence-electron chi connectivity index (χ1n) is 4.31. The summed E-state index contributed by atoms with van der Waals surface area (Å²) in [7, 11) is 3.14. The lowest BCUT2D eigenvalue weighted by Gasteiger charge is -2.12. The standard InChI is InChI=1S/C10H13BrN2O2/c1-14-8-5-7(11)3-6(4-9(12)13)10(8)15-2/h3,5H,4H2,1-2H3,(H3,12,13). The van der Waals surface area contributed by atoms with Gasteiger partial charge in [-0.3, -0.25) is 5.41 Å². The van der Waals surface area contributed by atoms with Crippen LogP contribution in [-0.2, 0) is 6.42 Å². The van der Waals surface area contributed by atoms with Gasteiger partial charge in [0.05, 0.1) is 20.1 Å². The molecule has 0 heterocycles. The highest BCUT2D eigenvalue weighted by molar-refractivity contribution is 9.10. The topological polar surface area (TPSA) is 68.3 Å². The van der Waals surface area contributed by atoms with Crippen LogP contribution in [0, 0.1) is 5.41 Å². The maximum atomic E-state index is 7.27. The Morgan fingerprint density at radius 3 is 2.53 bits per heavy atom. The second-order valence-corrected chi connectivity index (χ2v) is 3.92. The Hall–Kier alpha value is -1.23. The summed E-state index contributed by atoms with van der Waals surface area (Å²) in [4.78, 5) is 0. The van der Waals surface area contributed by atoms with E-state index in [4.69, 9.17) is 20.6 Å². The molecule has 1 rings (SSSR count). The van der Waals surface area contributed by atoms with Crippen LogP contribution in [0.5, 0.6) is 11.5 Å². The zero-order valence-corrected chi connectivity index (χ0v) is 10.2. The fourth-order valence-electron chi connectivity index (χ4n) is 1.34. The first kappa shape index (κ1) is 11.8. The molecule has 0 aliphatic rings. The number of nitrogens with one attached hydrogen (secondary N) is 1. The molecule has 4 nitrogen and oxygen atoms in total. The van der Waals surface area contributed by atoms with Crippen molar-refractivity contribution in [1.29, 1.82) is 5.41 Å². The van der Waals surface area contributed by atoms with E-state index in [1.165, 1.54) is 0 Å². The molecule has 3 N–H and O–H groups in total. The maximum Gasteiger partial charge on any atom is 0.164 e. The molecule has 0 aliphatic carbocycles. The van der Waals surface area contributed by atoms with Gasteiger partial charge in [0.25, 0.3) is 0 Å². The molecular weight excluding hydrogens is 260 g/mol. The van der Waals surface area contributed by atoms with Crippen molar-refractivity contribution in [3.8, 4) is 11.5 Å². The number of benzene rings is 1.